The van der Waals surface area contributed by atoms with Crippen molar-refractivity contribution in [1.82, 2.24) is 4.98 Å². The molecule has 2 aromatic carbocycles. The number of aromatic nitrogens is 1. The van der Waals surface area contributed by atoms with E-state index in [9.17, 15) is 23.3 Å². The van der Waals surface area contributed by atoms with Crippen LogP contribution in [0.25, 0.3) is 0 Å². The highest BCUT2D eigenvalue weighted by Crippen LogP contribution is 2.30. The normalized spacial score (nSPS) is 11.2. The molecule has 0 radical (unpaired) electrons. The van der Waals surface area contributed by atoms with E-state index in [-0.39, 0.29) is 26.3 Å². The first-order valence-corrected chi connectivity index (χ1v) is 10.9. The van der Waals surface area contributed by atoms with Crippen molar-refractivity contribution < 1.29 is 18.1 Å². The Kier molecular flexibility index (Phi) is 6.18. The standard InChI is InChI=1S/C17H11Cl2N3O5S2/c18-11-2-1-10(14(19)8-11)7-15(23)21-17-20-9-16(28-17)29(26,27)13-5-3-12(4-6-13)22(24)25/h1-6,8-9H,7H2,(H,20,21,23). The summed E-state index contributed by atoms with van der Waals surface area (Å²) >= 11 is 12.6. The lowest BCUT2D eigenvalue weighted by atomic mass is 10.1. The van der Waals surface area contributed by atoms with E-state index in [0.717, 1.165) is 41.8 Å². The molecule has 12 heteroatoms. The zero-order chi connectivity index (χ0) is 21.2. The van der Waals surface area contributed by atoms with Crippen LogP contribution >= 0.6 is 34.5 Å². The number of nitro groups is 1. The highest BCUT2D eigenvalue weighted by atomic mass is 35.5. The minimum atomic E-state index is -3.92. The van der Waals surface area contributed by atoms with E-state index in [1.54, 1.807) is 12.1 Å². The molecule has 1 amide bonds. The van der Waals surface area contributed by atoms with Crippen molar-refractivity contribution in [3.05, 3.63) is 74.4 Å². The number of non-ortho nitro benzene ring substituents is 1. The smallest absolute Gasteiger partial charge is 0.269 e. The van der Waals surface area contributed by atoms with Crippen LogP contribution in [-0.4, -0.2) is 24.2 Å². The molecule has 0 saturated carbocycles. The molecule has 0 aliphatic rings. The Morgan fingerprint density at radius 1 is 1.17 bits per heavy atom. The second kappa shape index (κ2) is 8.46. The fourth-order valence-corrected chi connectivity index (χ4v) is 5.23. The largest absolute Gasteiger partial charge is 0.302 e. The molecule has 3 rings (SSSR count). The van der Waals surface area contributed by atoms with Crippen molar-refractivity contribution in [2.45, 2.75) is 15.5 Å². The van der Waals surface area contributed by atoms with Crippen LogP contribution in [-0.2, 0) is 21.1 Å². The molecule has 1 heterocycles. The highest BCUT2D eigenvalue weighted by molar-refractivity contribution is 7.93. The van der Waals surface area contributed by atoms with Gasteiger partial charge in [-0.3, -0.25) is 14.9 Å². The minimum absolute atomic E-state index is 0.0416. The van der Waals surface area contributed by atoms with Crippen molar-refractivity contribution in [1.29, 1.82) is 0 Å². The lowest BCUT2D eigenvalue weighted by Crippen LogP contribution is -2.14. The van der Waals surface area contributed by atoms with Gasteiger partial charge >= 0.3 is 0 Å². The highest BCUT2D eigenvalue weighted by Gasteiger charge is 2.22. The first kappa shape index (κ1) is 21.2. The van der Waals surface area contributed by atoms with Gasteiger partial charge in [-0.25, -0.2) is 13.4 Å². The molecular formula is C17H11Cl2N3O5S2. The Morgan fingerprint density at radius 2 is 1.86 bits per heavy atom. The third-order valence-electron chi connectivity index (χ3n) is 3.72. The summed E-state index contributed by atoms with van der Waals surface area (Å²) in [6.07, 6.45) is 1.08. The first-order valence-electron chi connectivity index (χ1n) is 7.86. The van der Waals surface area contributed by atoms with Gasteiger partial charge in [-0.1, -0.05) is 40.6 Å². The predicted molar refractivity (Wildman–Crippen MR) is 109 cm³/mol. The Bertz CT molecular complexity index is 1190. The quantitative estimate of drug-likeness (QED) is 0.420. The van der Waals surface area contributed by atoms with Crippen LogP contribution in [0.2, 0.25) is 10.0 Å². The van der Waals surface area contributed by atoms with Crippen molar-refractivity contribution in [2.75, 3.05) is 5.32 Å². The molecule has 29 heavy (non-hydrogen) atoms. The molecule has 150 valence electrons. The number of anilines is 1. The summed E-state index contributed by atoms with van der Waals surface area (Å²) in [6.45, 7) is 0. The number of nitrogens with one attached hydrogen (secondary N) is 1. The van der Waals surface area contributed by atoms with Gasteiger partial charge < -0.3 is 5.32 Å². The Balaban J connectivity index is 1.74. The molecule has 8 nitrogen and oxygen atoms in total. The Labute approximate surface area is 179 Å². The third kappa shape index (κ3) is 4.91. The molecule has 1 N–H and O–H groups in total. The van der Waals surface area contributed by atoms with Gasteiger partial charge in [0.2, 0.25) is 15.7 Å². The number of halogens is 2. The maximum atomic E-state index is 12.6. The van der Waals surface area contributed by atoms with E-state index in [2.05, 4.69) is 10.3 Å². The number of hydrogen-bond acceptors (Lipinski definition) is 7. The average Bonchev–Trinajstić information content (AvgIpc) is 3.13. The maximum absolute atomic E-state index is 12.6. The number of carbonyl (C=O) groups is 1. The zero-order valence-electron chi connectivity index (χ0n) is 14.3. The number of nitrogens with zero attached hydrogens (tertiary/aromatic N) is 2. The molecule has 0 saturated heterocycles. The van der Waals surface area contributed by atoms with E-state index in [0.29, 0.717) is 15.6 Å². The van der Waals surface area contributed by atoms with Crippen LogP contribution in [0, 0.1) is 10.1 Å². The molecular weight excluding hydrogens is 461 g/mol. The summed E-state index contributed by atoms with van der Waals surface area (Å²) in [5, 5.41) is 14.1. The summed E-state index contributed by atoms with van der Waals surface area (Å²) in [6, 6.07) is 9.25. The lowest BCUT2D eigenvalue weighted by molar-refractivity contribution is -0.384. The molecule has 0 unspecified atom stereocenters. The lowest BCUT2D eigenvalue weighted by Gasteiger charge is -2.04. The Morgan fingerprint density at radius 3 is 2.48 bits per heavy atom. The summed E-state index contributed by atoms with van der Waals surface area (Å²) in [7, 11) is -3.92. The fraction of sp³-hybridized carbons (Fsp3) is 0.0588. The molecule has 0 aliphatic heterocycles. The van der Waals surface area contributed by atoms with Crippen molar-refractivity contribution in [3.8, 4) is 0 Å². The van der Waals surface area contributed by atoms with E-state index in [1.165, 1.54) is 6.07 Å². The van der Waals surface area contributed by atoms with Gasteiger partial charge in [0.25, 0.3) is 5.69 Å². The van der Waals surface area contributed by atoms with E-state index >= 15 is 0 Å². The number of carbonyl (C=O) groups excluding carboxylic acids is 1. The summed E-state index contributed by atoms with van der Waals surface area (Å²) in [4.78, 5) is 26.1. The van der Waals surface area contributed by atoms with Crippen LogP contribution in [0.3, 0.4) is 0 Å². The Hall–Kier alpha value is -2.53. The van der Waals surface area contributed by atoms with Gasteiger partial charge in [0.15, 0.2) is 5.13 Å². The molecule has 0 aliphatic carbocycles. The fourth-order valence-electron chi connectivity index (χ4n) is 2.31. The first-order chi connectivity index (χ1) is 13.7. The van der Waals surface area contributed by atoms with E-state index in [1.807, 2.05) is 0 Å². The number of nitro benzene ring substituents is 1. The number of thiazole rings is 1. The molecule has 1 aromatic heterocycles. The topological polar surface area (TPSA) is 119 Å². The van der Waals surface area contributed by atoms with Gasteiger partial charge in [0, 0.05) is 22.2 Å². The zero-order valence-corrected chi connectivity index (χ0v) is 17.5. The number of sulfone groups is 1. The third-order valence-corrected chi connectivity index (χ3v) is 7.45. The molecule has 0 bridgehead atoms. The second-order valence-electron chi connectivity index (χ2n) is 5.70. The van der Waals surface area contributed by atoms with Crippen molar-refractivity contribution in [3.63, 3.8) is 0 Å². The van der Waals surface area contributed by atoms with Crippen LogP contribution in [0.15, 0.2) is 57.8 Å². The molecule has 0 spiro atoms. The summed E-state index contributed by atoms with van der Waals surface area (Å²) in [5.74, 6) is -0.428. The summed E-state index contributed by atoms with van der Waals surface area (Å²) < 4.78 is 25.2. The van der Waals surface area contributed by atoms with Gasteiger partial charge in [-0.05, 0) is 29.8 Å². The minimum Gasteiger partial charge on any atom is -0.302 e. The van der Waals surface area contributed by atoms with Crippen molar-refractivity contribution >= 4 is 61.1 Å². The monoisotopic (exact) mass is 471 g/mol. The molecule has 0 atom stereocenters. The number of amides is 1. The van der Waals surface area contributed by atoms with Crippen LogP contribution in [0.4, 0.5) is 10.8 Å². The van der Waals surface area contributed by atoms with E-state index in [4.69, 9.17) is 23.2 Å². The summed E-state index contributed by atoms with van der Waals surface area (Å²) in [5.41, 5.74) is 0.339. The number of hydrogen-bond donors (Lipinski definition) is 1. The maximum Gasteiger partial charge on any atom is 0.269 e. The SMILES string of the molecule is O=C(Cc1ccc(Cl)cc1Cl)Nc1ncc(S(=O)(=O)c2ccc([N+](=O)[O-])cc2)s1. The van der Waals surface area contributed by atoms with Crippen LogP contribution in [0.5, 0.6) is 0 Å². The van der Waals surface area contributed by atoms with Gasteiger partial charge in [0.05, 0.1) is 22.4 Å². The van der Waals surface area contributed by atoms with Crippen LogP contribution in [0.1, 0.15) is 5.56 Å². The molecule has 0 fully saturated rings. The van der Waals surface area contributed by atoms with Gasteiger partial charge in [-0.15, -0.1) is 0 Å². The van der Waals surface area contributed by atoms with Gasteiger partial charge in [0.1, 0.15) is 4.21 Å². The average molecular weight is 472 g/mol. The number of benzene rings is 2. The van der Waals surface area contributed by atoms with Gasteiger partial charge in [-0.2, -0.15) is 0 Å². The van der Waals surface area contributed by atoms with Crippen molar-refractivity contribution in [2.24, 2.45) is 0 Å². The predicted octanol–water partition coefficient (Wildman–Crippen LogP) is 4.37. The van der Waals surface area contributed by atoms with E-state index < -0.39 is 20.7 Å². The second-order valence-corrected chi connectivity index (χ2v) is 9.75. The van der Waals surface area contributed by atoms with Crippen LogP contribution < -0.4 is 5.32 Å². The number of rotatable bonds is 6. The molecule has 3 aromatic rings.